The number of aromatic nitrogens is 3. The van der Waals surface area contributed by atoms with Gasteiger partial charge in [-0.3, -0.25) is 14.4 Å². The molecule has 2 unspecified atom stereocenters. The van der Waals surface area contributed by atoms with Crippen molar-refractivity contribution in [3.63, 3.8) is 0 Å². The number of benzene rings is 2. The zero-order valence-electron chi connectivity index (χ0n) is 27.2. The van der Waals surface area contributed by atoms with Gasteiger partial charge in [-0.05, 0) is 84.7 Å². The molecule has 8 nitrogen and oxygen atoms in total. The Hall–Kier alpha value is -5.25. The fourth-order valence-electron chi connectivity index (χ4n) is 5.96. The van der Waals surface area contributed by atoms with Crippen LogP contribution in [0.1, 0.15) is 72.2 Å². The monoisotopic (exact) mass is 682 g/mol. The van der Waals surface area contributed by atoms with E-state index in [4.69, 9.17) is 6.42 Å². The number of alkyl halides is 3. The van der Waals surface area contributed by atoms with E-state index in [9.17, 15) is 37.1 Å². The maximum Gasteiger partial charge on any atom is 0.416 e. The van der Waals surface area contributed by atoms with Crippen LogP contribution in [-0.4, -0.2) is 31.1 Å². The van der Waals surface area contributed by atoms with Gasteiger partial charge in [0.25, 0.3) is 5.56 Å². The van der Waals surface area contributed by atoms with Crippen molar-refractivity contribution in [2.45, 2.75) is 71.8 Å². The SMILES string of the molecule is C#Cc1cc(-c2c(C)cc(F)cc2C)cc(C(CC(=O)O)NC(=O)C(CC(C)C)n2cc(CCn3ccnc3)c(C(F)(F)F)cc2=O)c1F. The second-order valence-corrected chi connectivity index (χ2v) is 12.3. The van der Waals surface area contributed by atoms with Crippen molar-refractivity contribution < 1.29 is 36.6 Å². The highest BCUT2D eigenvalue weighted by molar-refractivity contribution is 5.82. The summed E-state index contributed by atoms with van der Waals surface area (Å²) in [6.07, 6.45) is 5.23. The number of nitrogens with one attached hydrogen (secondary N) is 1. The summed E-state index contributed by atoms with van der Waals surface area (Å²) >= 11 is 0. The first kappa shape index (κ1) is 36.6. The van der Waals surface area contributed by atoms with Gasteiger partial charge < -0.3 is 19.6 Å². The Morgan fingerprint density at radius 3 is 2.31 bits per heavy atom. The summed E-state index contributed by atoms with van der Waals surface area (Å²) in [4.78, 5) is 43.1. The minimum atomic E-state index is -4.86. The summed E-state index contributed by atoms with van der Waals surface area (Å²) in [5.41, 5.74) is -1.12. The van der Waals surface area contributed by atoms with Gasteiger partial charge in [-0.2, -0.15) is 13.2 Å². The topological polar surface area (TPSA) is 106 Å². The van der Waals surface area contributed by atoms with Gasteiger partial charge in [-0.25, -0.2) is 13.8 Å². The molecular weight excluding hydrogens is 647 g/mol. The molecule has 4 rings (SSSR count). The van der Waals surface area contributed by atoms with Crippen molar-refractivity contribution in [3.8, 4) is 23.5 Å². The van der Waals surface area contributed by atoms with Crippen LogP contribution >= 0.6 is 0 Å². The standard InChI is InChI=1S/C36H35F5N4O4/c1-6-23-14-25(33-21(4)12-26(37)13-22(33)5)15-27(34(23)38)29(17-32(47)48)43-35(49)30(11-20(2)3)45-18-24(7-9-44-10-8-42-19-44)28(16-31(45)46)36(39,40)41/h1,8,10,12-16,18-20,29-30H,7,9,11,17H2,2-5H3,(H,43,49)(H,47,48). The second-order valence-electron chi connectivity index (χ2n) is 12.3. The van der Waals surface area contributed by atoms with Crippen LogP contribution in [0.15, 0.2) is 60.0 Å². The molecule has 2 aromatic heterocycles. The Morgan fingerprint density at radius 1 is 1.08 bits per heavy atom. The molecule has 0 bridgehead atoms. The number of halogens is 5. The number of carboxylic acid groups (broad SMARTS) is 1. The zero-order valence-corrected chi connectivity index (χ0v) is 27.2. The van der Waals surface area contributed by atoms with E-state index in [1.54, 1.807) is 38.5 Å². The normalized spacial score (nSPS) is 12.8. The molecule has 0 spiro atoms. The summed E-state index contributed by atoms with van der Waals surface area (Å²) < 4.78 is 74.5. The predicted molar refractivity (Wildman–Crippen MR) is 172 cm³/mol. The Labute approximate surface area is 279 Å². The van der Waals surface area contributed by atoms with Crippen molar-refractivity contribution in [3.05, 3.63) is 111 Å². The maximum absolute atomic E-state index is 15.9. The largest absolute Gasteiger partial charge is 0.481 e. The Kier molecular flexibility index (Phi) is 11.1. The number of hydrogen-bond donors (Lipinski definition) is 2. The third kappa shape index (κ3) is 8.62. The highest BCUT2D eigenvalue weighted by atomic mass is 19.4. The van der Waals surface area contributed by atoms with E-state index in [-0.39, 0.29) is 42.0 Å². The first-order chi connectivity index (χ1) is 23.0. The van der Waals surface area contributed by atoms with Gasteiger partial charge in [-0.15, -0.1) is 6.42 Å². The van der Waals surface area contributed by atoms with Gasteiger partial charge in [0.15, 0.2) is 0 Å². The minimum Gasteiger partial charge on any atom is -0.481 e. The summed E-state index contributed by atoms with van der Waals surface area (Å²) in [5, 5.41) is 12.3. The number of pyridine rings is 1. The van der Waals surface area contributed by atoms with Crippen molar-refractivity contribution in [1.29, 1.82) is 0 Å². The van der Waals surface area contributed by atoms with Gasteiger partial charge in [0.1, 0.15) is 17.7 Å². The lowest BCUT2D eigenvalue weighted by Gasteiger charge is -2.27. The number of carbonyl (C=O) groups is 2. The van der Waals surface area contributed by atoms with Gasteiger partial charge >= 0.3 is 12.1 Å². The number of carboxylic acids is 1. The number of terminal acetylenes is 1. The van der Waals surface area contributed by atoms with E-state index in [2.05, 4.69) is 16.2 Å². The molecule has 0 fully saturated rings. The molecule has 2 atom stereocenters. The van der Waals surface area contributed by atoms with Crippen LogP contribution in [0.2, 0.25) is 0 Å². The molecule has 0 radical (unpaired) electrons. The number of imidazole rings is 1. The molecule has 0 aliphatic rings. The number of aryl methyl sites for hydroxylation is 4. The van der Waals surface area contributed by atoms with E-state index < -0.39 is 59.3 Å². The van der Waals surface area contributed by atoms with Gasteiger partial charge in [0.05, 0.1) is 29.9 Å². The minimum absolute atomic E-state index is 0.0239. The van der Waals surface area contributed by atoms with Gasteiger partial charge in [0, 0.05) is 36.8 Å². The number of hydrogen-bond acceptors (Lipinski definition) is 4. The third-order valence-corrected chi connectivity index (χ3v) is 8.11. The smallest absolute Gasteiger partial charge is 0.416 e. The molecule has 0 aliphatic carbocycles. The molecular formula is C36H35F5N4O4. The van der Waals surface area contributed by atoms with E-state index in [0.717, 1.165) is 10.8 Å². The molecule has 13 heteroatoms. The number of amides is 1. The quantitative estimate of drug-likeness (QED) is 0.127. The maximum atomic E-state index is 15.9. The Morgan fingerprint density at radius 2 is 1.76 bits per heavy atom. The fraction of sp³-hybridized carbons (Fsp3) is 0.333. The summed E-state index contributed by atoms with van der Waals surface area (Å²) in [6.45, 7) is 6.85. The zero-order chi connectivity index (χ0) is 36.2. The molecule has 4 aromatic rings. The fourth-order valence-corrected chi connectivity index (χ4v) is 5.96. The number of aliphatic carboxylic acids is 1. The number of rotatable bonds is 12. The molecule has 2 heterocycles. The first-order valence-corrected chi connectivity index (χ1v) is 15.4. The number of carbonyl (C=O) groups excluding carboxylic acids is 1. The van der Waals surface area contributed by atoms with Crippen molar-refractivity contribution in [2.24, 2.45) is 5.92 Å². The average Bonchev–Trinajstić information content (AvgIpc) is 3.52. The van der Waals surface area contributed by atoms with Gasteiger partial charge in [-0.1, -0.05) is 19.8 Å². The molecule has 258 valence electrons. The van der Waals surface area contributed by atoms with E-state index in [1.165, 1.54) is 36.8 Å². The van der Waals surface area contributed by atoms with Crippen molar-refractivity contribution in [2.75, 3.05) is 0 Å². The second kappa shape index (κ2) is 14.9. The van der Waals surface area contributed by atoms with Crippen LogP contribution in [0.4, 0.5) is 22.0 Å². The van der Waals surface area contributed by atoms with Gasteiger partial charge in [0.2, 0.25) is 5.91 Å². The van der Waals surface area contributed by atoms with Crippen LogP contribution < -0.4 is 10.9 Å². The van der Waals surface area contributed by atoms with E-state index in [1.807, 2.05) is 0 Å². The third-order valence-electron chi connectivity index (χ3n) is 8.11. The lowest BCUT2D eigenvalue weighted by atomic mass is 9.90. The van der Waals surface area contributed by atoms with Crippen molar-refractivity contribution >= 4 is 11.9 Å². The van der Waals surface area contributed by atoms with E-state index >= 15 is 4.39 Å². The molecule has 2 N–H and O–H groups in total. The van der Waals surface area contributed by atoms with Crippen LogP contribution in [0.3, 0.4) is 0 Å². The predicted octanol–water partition coefficient (Wildman–Crippen LogP) is 6.77. The molecule has 0 saturated carbocycles. The average molecular weight is 683 g/mol. The highest BCUT2D eigenvalue weighted by Gasteiger charge is 2.36. The lowest BCUT2D eigenvalue weighted by Crippen LogP contribution is -2.41. The lowest BCUT2D eigenvalue weighted by molar-refractivity contribution is -0.139. The highest BCUT2D eigenvalue weighted by Crippen LogP contribution is 2.35. The molecule has 0 saturated heterocycles. The van der Waals surface area contributed by atoms with Crippen LogP contribution in [0.5, 0.6) is 0 Å². The van der Waals surface area contributed by atoms with Crippen molar-refractivity contribution in [1.82, 2.24) is 19.4 Å². The summed E-state index contributed by atoms with van der Waals surface area (Å²) in [5.74, 6) is -1.80. The molecule has 49 heavy (non-hydrogen) atoms. The summed E-state index contributed by atoms with van der Waals surface area (Å²) in [7, 11) is 0. The first-order valence-electron chi connectivity index (χ1n) is 15.4. The Bertz CT molecular complexity index is 1940. The van der Waals surface area contributed by atoms with Crippen LogP contribution in [0.25, 0.3) is 11.1 Å². The van der Waals surface area contributed by atoms with Crippen LogP contribution in [0, 0.1) is 43.7 Å². The molecule has 2 aromatic carbocycles. The Balaban J connectivity index is 1.82. The number of nitrogens with zero attached hydrogens (tertiary/aromatic N) is 3. The molecule has 1 amide bonds. The van der Waals surface area contributed by atoms with E-state index in [0.29, 0.717) is 28.3 Å². The van der Waals surface area contributed by atoms with Crippen LogP contribution in [-0.2, 0) is 28.7 Å². The summed E-state index contributed by atoms with van der Waals surface area (Å²) in [6, 6.07) is 2.78. The molecule has 0 aliphatic heterocycles.